The molecule has 1 aromatic carbocycles. The topological polar surface area (TPSA) is 182 Å². The summed E-state index contributed by atoms with van der Waals surface area (Å²) in [5.41, 5.74) is 1.22. The van der Waals surface area contributed by atoms with E-state index in [1.807, 2.05) is 19.9 Å². The van der Waals surface area contributed by atoms with Crippen LogP contribution in [0, 0.1) is 18.3 Å². The zero-order valence-electron chi connectivity index (χ0n) is 26.2. The summed E-state index contributed by atoms with van der Waals surface area (Å²) in [5, 5.41) is 21.9. The van der Waals surface area contributed by atoms with Crippen LogP contribution in [0.2, 0.25) is 0 Å². The minimum Gasteiger partial charge on any atom is -0.483 e. The van der Waals surface area contributed by atoms with Crippen molar-refractivity contribution in [1.82, 2.24) is 25.0 Å². The van der Waals surface area contributed by atoms with E-state index >= 15 is 0 Å². The summed E-state index contributed by atoms with van der Waals surface area (Å²) in [6, 6.07) is 7.22. The highest BCUT2D eigenvalue weighted by Gasteiger charge is 2.32. The first kappa shape index (κ1) is 34.0. The van der Waals surface area contributed by atoms with Crippen LogP contribution in [0.3, 0.4) is 0 Å². The quantitative estimate of drug-likeness (QED) is 0.328. The van der Waals surface area contributed by atoms with Gasteiger partial charge in [0.2, 0.25) is 5.91 Å². The average Bonchev–Trinajstić information content (AvgIpc) is 3.54. The number of carboxylic acids is 1. The largest absolute Gasteiger partial charge is 0.483 e. The molecule has 2 aliphatic heterocycles. The first-order valence-electron chi connectivity index (χ1n) is 15.6. The number of carbonyl (C=O) groups is 5. The summed E-state index contributed by atoms with van der Waals surface area (Å²) in [4.78, 5) is 72.6. The van der Waals surface area contributed by atoms with Crippen molar-refractivity contribution >= 4 is 40.7 Å². The number of pyridine rings is 1. The molecule has 2 unspecified atom stereocenters. The Bertz CT molecular complexity index is 1500. The van der Waals surface area contributed by atoms with Gasteiger partial charge in [-0.05, 0) is 50.3 Å². The van der Waals surface area contributed by atoms with E-state index in [0.717, 1.165) is 24.8 Å². The third kappa shape index (κ3) is 8.62. The summed E-state index contributed by atoms with van der Waals surface area (Å²) in [6.07, 6.45) is 2.03. The van der Waals surface area contributed by atoms with Gasteiger partial charge in [0, 0.05) is 50.6 Å². The SMILES string of the molecule is CCCCOC(=O)N1CCN(C(=O)C(CCC(=O)O)NC(=O)c2cc(OCC(=O)N3CCCC3C#N)c3ccc(C)cc3n2)CC1. The highest BCUT2D eigenvalue weighted by atomic mass is 16.6. The molecule has 3 heterocycles. The number of benzene rings is 1. The second-order valence-electron chi connectivity index (χ2n) is 11.4. The highest BCUT2D eigenvalue weighted by Crippen LogP contribution is 2.27. The Hall–Kier alpha value is -4.93. The van der Waals surface area contributed by atoms with Crippen molar-refractivity contribution in [2.75, 3.05) is 45.9 Å². The molecule has 0 bridgehead atoms. The van der Waals surface area contributed by atoms with Crippen LogP contribution in [0.1, 0.15) is 61.5 Å². The lowest BCUT2D eigenvalue weighted by Crippen LogP contribution is -2.56. The van der Waals surface area contributed by atoms with Gasteiger partial charge in [-0.25, -0.2) is 9.78 Å². The lowest BCUT2D eigenvalue weighted by Gasteiger charge is -2.36. The van der Waals surface area contributed by atoms with Crippen molar-refractivity contribution in [2.24, 2.45) is 0 Å². The van der Waals surface area contributed by atoms with Crippen molar-refractivity contribution in [2.45, 2.75) is 64.5 Å². The molecule has 2 fully saturated rings. The Balaban J connectivity index is 1.48. The van der Waals surface area contributed by atoms with Crippen LogP contribution in [0.5, 0.6) is 5.75 Å². The summed E-state index contributed by atoms with van der Waals surface area (Å²) < 4.78 is 11.1. The third-order valence-corrected chi connectivity index (χ3v) is 8.06. The van der Waals surface area contributed by atoms with Crippen LogP contribution < -0.4 is 10.1 Å². The molecule has 46 heavy (non-hydrogen) atoms. The van der Waals surface area contributed by atoms with Crippen molar-refractivity contribution in [3.63, 3.8) is 0 Å². The molecule has 0 spiro atoms. The van der Waals surface area contributed by atoms with Gasteiger partial charge in [0.15, 0.2) is 6.61 Å². The number of hydrogen-bond acceptors (Lipinski definition) is 9. The van der Waals surface area contributed by atoms with Crippen LogP contribution in [0.25, 0.3) is 10.9 Å². The van der Waals surface area contributed by atoms with E-state index in [2.05, 4.69) is 16.4 Å². The molecule has 2 aliphatic rings. The number of ether oxygens (including phenoxy) is 2. The second kappa shape index (κ2) is 15.9. The van der Waals surface area contributed by atoms with Gasteiger partial charge in [-0.15, -0.1) is 0 Å². The Morgan fingerprint density at radius 1 is 1.11 bits per heavy atom. The molecular weight excluding hydrogens is 596 g/mol. The number of unbranched alkanes of at least 4 members (excludes halogenated alkanes) is 1. The van der Waals surface area contributed by atoms with E-state index in [9.17, 15) is 34.3 Å². The standard InChI is InChI=1S/C32H40N6O8/c1-3-4-16-45-32(44)37-14-12-36(13-15-37)31(43)24(9-10-29(40)41)35-30(42)26-18-27(23-8-7-21(2)17-25(23)34-26)46-20-28(39)38-11-5-6-22(38)19-33/h7-8,17-18,22,24H,3-6,9-16,20H2,1-2H3,(H,35,42)(H,40,41). The van der Waals surface area contributed by atoms with E-state index in [1.165, 1.54) is 20.8 Å². The normalized spacial score (nSPS) is 16.9. The Morgan fingerprint density at radius 2 is 1.85 bits per heavy atom. The van der Waals surface area contributed by atoms with Gasteiger partial charge in [-0.3, -0.25) is 19.2 Å². The molecule has 14 heteroatoms. The van der Waals surface area contributed by atoms with Crippen LogP contribution in [-0.4, -0.2) is 113 Å². The number of likely N-dealkylation sites (tertiary alicyclic amines) is 1. The van der Waals surface area contributed by atoms with Gasteiger partial charge in [0.25, 0.3) is 11.8 Å². The van der Waals surface area contributed by atoms with Gasteiger partial charge in [0.05, 0.1) is 18.2 Å². The molecular formula is C32H40N6O8. The minimum atomic E-state index is -1.16. The first-order chi connectivity index (χ1) is 22.1. The highest BCUT2D eigenvalue weighted by molar-refractivity contribution is 5.99. The smallest absolute Gasteiger partial charge is 0.409 e. The summed E-state index contributed by atoms with van der Waals surface area (Å²) >= 11 is 0. The van der Waals surface area contributed by atoms with Crippen molar-refractivity contribution in [3.8, 4) is 11.8 Å². The maximum absolute atomic E-state index is 13.5. The van der Waals surface area contributed by atoms with E-state index in [4.69, 9.17) is 9.47 Å². The number of carboxylic acid groups (broad SMARTS) is 1. The minimum absolute atomic E-state index is 0.0793. The molecule has 1 aromatic heterocycles. The average molecular weight is 637 g/mol. The fourth-order valence-electron chi connectivity index (χ4n) is 5.45. The first-order valence-corrected chi connectivity index (χ1v) is 15.6. The van der Waals surface area contributed by atoms with E-state index in [1.54, 1.807) is 12.1 Å². The number of nitrogens with one attached hydrogen (secondary N) is 1. The fourth-order valence-corrected chi connectivity index (χ4v) is 5.45. The van der Waals surface area contributed by atoms with Crippen LogP contribution >= 0.6 is 0 Å². The number of aromatic nitrogens is 1. The summed E-state index contributed by atoms with van der Waals surface area (Å²) in [7, 11) is 0. The monoisotopic (exact) mass is 636 g/mol. The molecule has 0 aliphatic carbocycles. The molecule has 14 nitrogen and oxygen atoms in total. The Kier molecular flexibility index (Phi) is 11.7. The Labute approximate surface area is 267 Å². The molecule has 246 valence electrons. The fraction of sp³-hybridized carbons (Fsp3) is 0.531. The number of amides is 4. The number of piperazine rings is 1. The molecule has 2 aromatic rings. The van der Waals surface area contributed by atoms with E-state index in [0.29, 0.717) is 30.5 Å². The summed E-state index contributed by atoms with van der Waals surface area (Å²) in [5.74, 6) is -2.43. The second-order valence-corrected chi connectivity index (χ2v) is 11.4. The van der Waals surface area contributed by atoms with Crippen molar-refractivity contribution < 1.29 is 38.6 Å². The van der Waals surface area contributed by atoms with Crippen LogP contribution in [-0.2, 0) is 19.1 Å². The molecule has 2 atom stereocenters. The molecule has 0 saturated carbocycles. The van der Waals surface area contributed by atoms with Crippen molar-refractivity contribution in [3.05, 3.63) is 35.5 Å². The number of rotatable bonds is 12. The molecule has 0 radical (unpaired) electrons. The molecule has 2 saturated heterocycles. The van der Waals surface area contributed by atoms with Gasteiger partial charge >= 0.3 is 12.1 Å². The zero-order chi connectivity index (χ0) is 33.2. The molecule has 4 rings (SSSR count). The van der Waals surface area contributed by atoms with Crippen LogP contribution in [0.4, 0.5) is 4.79 Å². The number of nitriles is 1. The molecule has 4 amide bonds. The van der Waals surface area contributed by atoms with E-state index < -0.39 is 36.0 Å². The van der Waals surface area contributed by atoms with Gasteiger partial charge in [-0.1, -0.05) is 19.4 Å². The number of aliphatic carboxylic acids is 1. The van der Waals surface area contributed by atoms with Crippen LogP contribution in [0.15, 0.2) is 24.3 Å². The Morgan fingerprint density at radius 3 is 2.54 bits per heavy atom. The molecule has 2 N–H and O–H groups in total. The lowest BCUT2D eigenvalue weighted by atomic mass is 10.1. The number of hydrogen-bond donors (Lipinski definition) is 2. The summed E-state index contributed by atoms with van der Waals surface area (Å²) in [6.45, 7) is 5.18. The maximum atomic E-state index is 13.5. The van der Waals surface area contributed by atoms with Gasteiger partial charge < -0.3 is 34.6 Å². The number of nitrogens with zero attached hydrogens (tertiary/aromatic N) is 5. The van der Waals surface area contributed by atoms with Gasteiger partial charge in [0.1, 0.15) is 23.5 Å². The lowest BCUT2D eigenvalue weighted by molar-refractivity contribution is -0.138. The van der Waals surface area contributed by atoms with Gasteiger partial charge in [-0.2, -0.15) is 5.26 Å². The van der Waals surface area contributed by atoms with E-state index in [-0.39, 0.29) is 63.0 Å². The number of aryl methyl sites for hydroxylation is 1. The van der Waals surface area contributed by atoms with Crippen molar-refractivity contribution in [1.29, 1.82) is 5.26 Å². The predicted molar refractivity (Wildman–Crippen MR) is 165 cm³/mol. The number of carbonyl (C=O) groups excluding carboxylic acids is 4. The zero-order valence-corrected chi connectivity index (χ0v) is 26.2. The maximum Gasteiger partial charge on any atom is 0.409 e. The number of fused-ring (bicyclic) bond motifs is 1. The third-order valence-electron chi connectivity index (χ3n) is 8.06. The predicted octanol–water partition coefficient (Wildman–Crippen LogP) is 2.48.